The highest BCUT2D eigenvalue weighted by Gasteiger charge is 2.19. The summed E-state index contributed by atoms with van der Waals surface area (Å²) in [6.45, 7) is 1.96. The van der Waals surface area contributed by atoms with E-state index in [1.54, 1.807) is 18.2 Å². The molecule has 4 rings (SSSR count). The molecule has 0 atom stereocenters. The van der Waals surface area contributed by atoms with E-state index in [9.17, 15) is 4.79 Å². The molecular weight excluding hydrogens is 437 g/mol. The number of ether oxygens (including phenoxy) is 1. The standard InChI is InChI=1S/C22H21Cl2N5O2/c1-29-9-8-13-6-7-15(10-14(13)12-29)26-22-25-11-16(21(28-22)31-2)20(30)27-19-17(23)4-3-5-18(19)24/h3-7,10-11H,8-9,12H2,1-2H3,(H,27,30)(H,25,26,28). The number of nitrogens with one attached hydrogen (secondary N) is 2. The molecule has 2 N–H and O–H groups in total. The molecule has 1 aliphatic heterocycles. The maximum atomic E-state index is 12.7. The van der Waals surface area contributed by atoms with E-state index in [0.717, 1.165) is 25.2 Å². The average Bonchev–Trinajstić information content (AvgIpc) is 2.76. The molecule has 2 aromatic carbocycles. The lowest BCUT2D eigenvalue weighted by Gasteiger charge is -2.25. The van der Waals surface area contributed by atoms with Gasteiger partial charge in [-0.15, -0.1) is 0 Å². The summed E-state index contributed by atoms with van der Waals surface area (Å²) in [6, 6.07) is 11.2. The van der Waals surface area contributed by atoms with Crippen LogP contribution in [0.25, 0.3) is 0 Å². The highest BCUT2D eigenvalue weighted by atomic mass is 35.5. The maximum Gasteiger partial charge on any atom is 0.262 e. The Morgan fingerprint density at radius 2 is 1.94 bits per heavy atom. The SMILES string of the molecule is COc1nc(Nc2ccc3c(c2)CN(C)CC3)ncc1C(=O)Nc1c(Cl)cccc1Cl. The molecule has 1 amide bonds. The monoisotopic (exact) mass is 457 g/mol. The van der Waals surface area contributed by atoms with Crippen LogP contribution in [0.15, 0.2) is 42.6 Å². The van der Waals surface area contributed by atoms with Gasteiger partial charge in [-0.1, -0.05) is 35.3 Å². The third-order valence-corrected chi connectivity index (χ3v) is 5.69. The number of benzene rings is 2. The van der Waals surface area contributed by atoms with Crippen molar-refractivity contribution in [1.29, 1.82) is 0 Å². The van der Waals surface area contributed by atoms with Crippen LogP contribution in [-0.2, 0) is 13.0 Å². The second kappa shape index (κ2) is 9.09. The highest BCUT2D eigenvalue weighted by molar-refractivity contribution is 6.40. The van der Waals surface area contributed by atoms with E-state index in [2.05, 4.69) is 44.7 Å². The molecule has 0 spiro atoms. The molecule has 0 unspecified atom stereocenters. The van der Waals surface area contributed by atoms with Crippen LogP contribution in [0.5, 0.6) is 5.88 Å². The van der Waals surface area contributed by atoms with Crippen molar-refractivity contribution in [2.24, 2.45) is 0 Å². The fourth-order valence-corrected chi connectivity index (χ4v) is 3.93. The molecule has 0 fully saturated rings. The summed E-state index contributed by atoms with van der Waals surface area (Å²) >= 11 is 12.3. The lowest BCUT2D eigenvalue weighted by Crippen LogP contribution is -2.26. The van der Waals surface area contributed by atoms with Crippen molar-refractivity contribution in [2.45, 2.75) is 13.0 Å². The number of amides is 1. The minimum Gasteiger partial charge on any atom is -0.480 e. The summed E-state index contributed by atoms with van der Waals surface area (Å²) in [5.74, 6) is -0.0145. The van der Waals surface area contributed by atoms with Gasteiger partial charge < -0.3 is 20.3 Å². The number of methoxy groups -OCH3 is 1. The highest BCUT2D eigenvalue weighted by Crippen LogP contribution is 2.31. The van der Waals surface area contributed by atoms with Crippen molar-refractivity contribution in [3.8, 4) is 5.88 Å². The number of nitrogens with zero attached hydrogens (tertiary/aromatic N) is 3. The molecule has 9 heteroatoms. The Kier molecular flexibility index (Phi) is 6.27. The molecule has 3 aromatic rings. The van der Waals surface area contributed by atoms with Crippen molar-refractivity contribution in [2.75, 3.05) is 31.3 Å². The van der Waals surface area contributed by atoms with Crippen molar-refractivity contribution < 1.29 is 9.53 Å². The Labute approximate surface area is 190 Å². The first-order valence-corrected chi connectivity index (χ1v) is 10.4. The van der Waals surface area contributed by atoms with Gasteiger partial charge in [0.05, 0.1) is 22.8 Å². The molecule has 0 radical (unpaired) electrons. The molecule has 31 heavy (non-hydrogen) atoms. The van der Waals surface area contributed by atoms with Gasteiger partial charge in [-0.05, 0) is 48.9 Å². The second-order valence-corrected chi connectivity index (χ2v) is 8.08. The van der Waals surface area contributed by atoms with Crippen LogP contribution < -0.4 is 15.4 Å². The third kappa shape index (κ3) is 4.74. The number of carbonyl (C=O) groups excluding carboxylic acids is 1. The summed E-state index contributed by atoms with van der Waals surface area (Å²) in [5, 5.41) is 6.53. The van der Waals surface area contributed by atoms with Crippen LogP contribution in [0.1, 0.15) is 21.5 Å². The molecule has 1 aromatic heterocycles. The molecule has 0 saturated carbocycles. The normalized spacial score (nSPS) is 13.4. The number of fused-ring (bicyclic) bond motifs is 1. The van der Waals surface area contributed by atoms with Gasteiger partial charge in [0.15, 0.2) is 0 Å². The Hall–Kier alpha value is -2.87. The Bertz CT molecular complexity index is 1120. The summed E-state index contributed by atoms with van der Waals surface area (Å²) in [6.07, 6.45) is 2.44. The number of hydrogen-bond acceptors (Lipinski definition) is 6. The number of likely N-dealkylation sites (N-methyl/N-ethyl adjacent to an activating group) is 1. The number of carbonyl (C=O) groups is 1. The van der Waals surface area contributed by atoms with Crippen molar-refractivity contribution in [1.82, 2.24) is 14.9 Å². The lowest BCUT2D eigenvalue weighted by atomic mass is 9.99. The van der Waals surface area contributed by atoms with Crippen LogP contribution in [0.4, 0.5) is 17.3 Å². The zero-order valence-electron chi connectivity index (χ0n) is 17.1. The number of halogens is 2. The quantitative estimate of drug-likeness (QED) is 0.573. The summed E-state index contributed by atoms with van der Waals surface area (Å²) in [5.41, 5.74) is 3.98. The molecule has 160 valence electrons. The van der Waals surface area contributed by atoms with Gasteiger partial charge in [-0.3, -0.25) is 4.79 Å². The van der Waals surface area contributed by atoms with Crippen molar-refractivity contribution >= 4 is 46.4 Å². The van der Waals surface area contributed by atoms with Crippen molar-refractivity contribution in [3.63, 3.8) is 0 Å². The van der Waals surface area contributed by atoms with Crippen LogP contribution >= 0.6 is 23.2 Å². The topological polar surface area (TPSA) is 79.4 Å². The molecule has 0 saturated heterocycles. The van der Waals surface area contributed by atoms with Gasteiger partial charge in [0.1, 0.15) is 5.56 Å². The van der Waals surface area contributed by atoms with Crippen LogP contribution in [0.3, 0.4) is 0 Å². The first-order chi connectivity index (χ1) is 14.9. The van der Waals surface area contributed by atoms with Crippen LogP contribution in [0.2, 0.25) is 10.0 Å². The summed E-state index contributed by atoms with van der Waals surface area (Å²) < 4.78 is 5.32. The van der Waals surface area contributed by atoms with Gasteiger partial charge in [-0.25, -0.2) is 4.98 Å². The Morgan fingerprint density at radius 3 is 2.68 bits per heavy atom. The molecule has 0 bridgehead atoms. The van der Waals surface area contributed by atoms with E-state index >= 15 is 0 Å². The molecule has 0 aliphatic carbocycles. The van der Waals surface area contributed by atoms with E-state index < -0.39 is 5.91 Å². The molecule has 1 aliphatic rings. The molecular formula is C22H21Cl2N5O2. The van der Waals surface area contributed by atoms with Crippen LogP contribution in [-0.4, -0.2) is 41.5 Å². The predicted molar refractivity (Wildman–Crippen MR) is 123 cm³/mol. The largest absolute Gasteiger partial charge is 0.480 e. The summed E-state index contributed by atoms with van der Waals surface area (Å²) in [4.78, 5) is 23.6. The molecule has 7 nitrogen and oxygen atoms in total. The smallest absolute Gasteiger partial charge is 0.262 e. The predicted octanol–water partition coefficient (Wildman–Crippen LogP) is 4.78. The van der Waals surface area contributed by atoms with Gasteiger partial charge in [0.2, 0.25) is 11.8 Å². The fraction of sp³-hybridized carbons (Fsp3) is 0.227. The van der Waals surface area contributed by atoms with Crippen LogP contribution in [0, 0.1) is 0 Å². The van der Waals surface area contributed by atoms with E-state index in [1.807, 2.05) is 6.07 Å². The number of anilines is 3. The first kappa shape index (κ1) is 21.4. The third-order valence-electron chi connectivity index (χ3n) is 5.06. The van der Waals surface area contributed by atoms with E-state index in [0.29, 0.717) is 21.7 Å². The number of para-hydroxylation sites is 1. The lowest BCUT2D eigenvalue weighted by molar-refractivity contribution is 0.102. The second-order valence-electron chi connectivity index (χ2n) is 7.26. The van der Waals surface area contributed by atoms with Gasteiger partial charge >= 0.3 is 0 Å². The number of aromatic nitrogens is 2. The van der Waals surface area contributed by atoms with Crippen molar-refractivity contribution in [3.05, 3.63) is 69.3 Å². The zero-order chi connectivity index (χ0) is 22.0. The van der Waals surface area contributed by atoms with E-state index in [1.165, 1.54) is 24.4 Å². The van der Waals surface area contributed by atoms with E-state index in [4.69, 9.17) is 27.9 Å². The summed E-state index contributed by atoms with van der Waals surface area (Å²) in [7, 11) is 3.55. The fourth-order valence-electron chi connectivity index (χ4n) is 3.44. The first-order valence-electron chi connectivity index (χ1n) is 9.68. The average molecular weight is 458 g/mol. The van der Waals surface area contributed by atoms with Gasteiger partial charge in [0, 0.05) is 25.0 Å². The zero-order valence-corrected chi connectivity index (χ0v) is 18.6. The number of hydrogen-bond donors (Lipinski definition) is 2. The number of rotatable bonds is 5. The van der Waals surface area contributed by atoms with E-state index in [-0.39, 0.29) is 11.4 Å². The molecule has 2 heterocycles. The minimum absolute atomic E-state index is 0.135. The Morgan fingerprint density at radius 1 is 1.16 bits per heavy atom. The minimum atomic E-state index is -0.477. The maximum absolute atomic E-state index is 12.7. The van der Waals surface area contributed by atoms with Gasteiger partial charge in [-0.2, -0.15) is 4.98 Å². The van der Waals surface area contributed by atoms with Gasteiger partial charge in [0.25, 0.3) is 5.91 Å². The Balaban J connectivity index is 1.54.